The van der Waals surface area contributed by atoms with Gasteiger partial charge in [-0.15, -0.1) is 0 Å². The molecule has 0 fully saturated rings. The largest absolute Gasteiger partial charge is 0.309 e. The molecule has 64 heavy (non-hydrogen) atoms. The van der Waals surface area contributed by atoms with Gasteiger partial charge in [-0.3, -0.25) is 0 Å². The summed E-state index contributed by atoms with van der Waals surface area (Å²) < 4.78 is 2.33. The zero-order chi connectivity index (χ0) is 42.8. The van der Waals surface area contributed by atoms with Gasteiger partial charge in [0, 0.05) is 49.6 Å². The molecule has 7 heteroatoms. The van der Waals surface area contributed by atoms with Crippen molar-refractivity contribution in [2.45, 2.75) is 19.3 Å². The molecule has 302 valence electrons. The van der Waals surface area contributed by atoms with Gasteiger partial charge in [-0.05, 0) is 52.6 Å². The molecule has 1 aliphatic carbocycles. The van der Waals surface area contributed by atoms with E-state index in [1.165, 1.54) is 22.3 Å². The minimum absolute atomic E-state index is 0.290. The number of aromatic nitrogens is 7. The van der Waals surface area contributed by atoms with E-state index in [0.29, 0.717) is 34.9 Å². The molecule has 8 aromatic carbocycles. The van der Waals surface area contributed by atoms with Gasteiger partial charge in [-0.25, -0.2) is 29.9 Å². The number of fused-ring (bicyclic) bond motifs is 6. The molecule has 0 N–H and O–H groups in total. The number of hydrogen-bond acceptors (Lipinski definition) is 6. The summed E-state index contributed by atoms with van der Waals surface area (Å²) in [5.41, 5.74) is 13.0. The van der Waals surface area contributed by atoms with Crippen molar-refractivity contribution in [3.8, 4) is 85.1 Å². The van der Waals surface area contributed by atoms with Crippen molar-refractivity contribution in [2.75, 3.05) is 0 Å². The van der Waals surface area contributed by atoms with E-state index < -0.39 is 0 Å². The average Bonchev–Trinajstić information content (AvgIpc) is 3.82. The molecule has 0 aliphatic heterocycles. The van der Waals surface area contributed by atoms with Crippen molar-refractivity contribution >= 4 is 21.8 Å². The molecule has 0 saturated carbocycles. The lowest BCUT2D eigenvalue weighted by Gasteiger charge is -2.24. The molecule has 0 amide bonds. The van der Waals surface area contributed by atoms with Crippen LogP contribution in [0.5, 0.6) is 0 Å². The second-order valence-electron chi connectivity index (χ2n) is 16.7. The van der Waals surface area contributed by atoms with Gasteiger partial charge < -0.3 is 4.57 Å². The lowest BCUT2D eigenvalue weighted by Crippen LogP contribution is -2.17. The van der Waals surface area contributed by atoms with Crippen molar-refractivity contribution in [1.29, 1.82) is 0 Å². The fourth-order valence-electron chi connectivity index (χ4n) is 9.54. The van der Waals surface area contributed by atoms with Crippen molar-refractivity contribution in [3.63, 3.8) is 0 Å². The number of nitrogens with zero attached hydrogens (tertiary/aromatic N) is 7. The van der Waals surface area contributed by atoms with Crippen LogP contribution in [0.3, 0.4) is 0 Å². The fourth-order valence-corrected chi connectivity index (χ4v) is 9.54. The van der Waals surface area contributed by atoms with Gasteiger partial charge in [0.25, 0.3) is 0 Å². The van der Waals surface area contributed by atoms with Crippen molar-refractivity contribution in [3.05, 3.63) is 211 Å². The highest BCUT2D eigenvalue weighted by molar-refractivity contribution is 6.09. The van der Waals surface area contributed by atoms with Gasteiger partial charge >= 0.3 is 0 Å². The van der Waals surface area contributed by atoms with E-state index in [9.17, 15) is 0 Å². The Labute approximate surface area is 370 Å². The van der Waals surface area contributed by atoms with E-state index in [2.05, 4.69) is 140 Å². The maximum absolute atomic E-state index is 5.51. The minimum Gasteiger partial charge on any atom is -0.309 e. The molecule has 0 bridgehead atoms. The fraction of sp³-hybridized carbons (Fsp3) is 0.0526. The molecule has 0 unspecified atom stereocenters. The lowest BCUT2D eigenvalue weighted by molar-refractivity contribution is 0.661. The van der Waals surface area contributed by atoms with Crippen molar-refractivity contribution in [2.24, 2.45) is 0 Å². The second kappa shape index (κ2) is 14.9. The Hall–Kier alpha value is -8.42. The first-order chi connectivity index (χ1) is 31.5. The molecule has 0 saturated heterocycles. The van der Waals surface area contributed by atoms with Crippen LogP contribution in [0.15, 0.2) is 200 Å². The number of benzene rings is 8. The van der Waals surface area contributed by atoms with Crippen LogP contribution in [0.4, 0.5) is 0 Å². The summed E-state index contributed by atoms with van der Waals surface area (Å²) in [7, 11) is 0. The van der Waals surface area contributed by atoms with Gasteiger partial charge in [0.1, 0.15) is 0 Å². The number of para-hydroxylation sites is 2. The topological polar surface area (TPSA) is 82.3 Å². The zero-order valence-electron chi connectivity index (χ0n) is 35.2. The van der Waals surface area contributed by atoms with Crippen LogP contribution in [0.2, 0.25) is 0 Å². The maximum Gasteiger partial charge on any atom is 0.166 e. The van der Waals surface area contributed by atoms with Gasteiger partial charge in [0.05, 0.1) is 16.7 Å². The molecule has 0 spiro atoms. The normalized spacial score (nSPS) is 12.7. The second-order valence-corrected chi connectivity index (χ2v) is 16.7. The van der Waals surface area contributed by atoms with Crippen LogP contribution < -0.4 is 0 Å². The Morgan fingerprint density at radius 3 is 1.33 bits per heavy atom. The third-order valence-electron chi connectivity index (χ3n) is 12.5. The summed E-state index contributed by atoms with van der Waals surface area (Å²) in [6, 6.07) is 69.0. The van der Waals surface area contributed by atoms with Gasteiger partial charge in [-0.2, -0.15) is 0 Å². The highest BCUT2D eigenvalue weighted by Gasteiger charge is 2.38. The Morgan fingerprint density at radius 2 is 0.750 bits per heavy atom. The van der Waals surface area contributed by atoms with Crippen molar-refractivity contribution < 1.29 is 0 Å². The third kappa shape index (κ3) is 6.12. The monoisotopic (exact) mass is 821 g/mol. The average molecular weight is 822 g/mol. The lowest BCUT2D eigenvalue weighted by atomic mass is 9.80. The Kier molecular flexibility index (Phi) is 8.69. The first-order valence-electron chi connectivity index (χ1n) is 21.6. The van der Waals surface area contributed by atoms with Gasteiger partial charge in [0.2, 0.25) is 0 Å². The Bertz CT molecular complexity index is 3470. The van der Waals surface area contributed by atoms with Crippen LogP contribution in [0.1, 0.15) is 25.0 Å². The van der Waals surface area contributed by atoms with E-state index >= 15 is 0 Å². The summed E-state index contributed by atoms with van der Waals surface area (Å²) in [4.78, 5) is 31.5. The van der Waals surface area contributed by atoms with Crippen LogP contribution in [-0.2, 0) is 5.41 Å². The molecular weight excluding hydrogens is 783 g/mol. The predicted octanol–water partition coefficient (Wildman–Crippen LogP) is 13.5. The summed E-state index contributed by atoms with van der Waals surface area (Å²) in [6.07, 6.45) is 0. The summed E-state index contributed by atoms with van der Waals surface area (Å²) in [5.74, 6) is 3.46. The first kappa shape index (κ1) is 37.4. The molecule has 1 aliphatic rings. The van der Waals surface area contributed by atoms with Crippen LogP contribution >= 0.6 is 0 Å². The molecular formula is C57H39N7. The number of rotatable bonds is 7. The maximum atomic E-state index is 5.51. The highest BCUT2D eigenvalue weighted by atomic mass is 15.1. The molecule has 0 radical (unpaired) electrons. The van der Waals surface area contributed by atoms with Crippen LogP contribution in [-0.4, -0.2) is 34.5 Å². The molecule has 3 heterocycles. The van der Waals surface area contributed by atoms with Crippen LogP contribution in [0, 0.1) is 0 Å². The van der Waals surface area contributed by atoms with E-state index in [4.69, 9.17) is 29.9 Å². The molecule has 3 aromatic heterocycles. The van der Waals surface area contributed by atoms with Gasteiger partial charge in [0.15, 0.2) is 34.9 Å². The minimum atomic E-state index is -0.290. The Balaban J connectivity index is 1.15. The van der Waals surface area contributed by atoms with E-state index in [-0.39, 0.29) is 5.41 Å². The Morgan fingerprint density at radius 1 is 0.328 bits per heavy atom. The molecule has 12 rings (SSSR count). The summed E-state index contributed by atoms with van der Waals surface area (Å²) in [5, 5.41) is 2.32. The van der Waals surface area contributed by atoms with Gasteiger partial charge in [-0.1, -0.05) is 184 Å². The molecule has 7 nitrogen and oxygen atoms in total. The van der Waals surface area contributed by atoms with Crippen LogP contribution in [0.25, 0.3) is 107 Å². The third-order valence-corrected chi connectivity index (χ3v) is 12.5. The zero-order valence-corrected chi connectivity index (χ0v) is 35.2. The SMILES string of the molecule is CC1(C)c2ccccc2-c2cccc(-c3nc(-c4ccccc4)nc(-c4cc(-c5nc(-c6ccccc6)nc(-c6ccccc6)n5)ccc4-n4c5ccccc5c5ccccc54)n3)c21. The summed E-state index contributed by atoms with van der Waals surface area (Å²) in [6.45, 7) is 4.60. The standard InChI is InChI=1S/C57H39N7/c1-57(2)46-30-15-12-25-40(46)43-28-18-29-44(50(43)57)55-61-53(38-23-10-5-11-24-38)62-56(63-55)45-35-39(33-34-49(45)64-47-31-16-13-26-41(47)42-27-14-17-32-48(42)64)54-59-51(36-19-6-3-7-20-36)58-52(60-54)37-21-8-4-9-22-37/h3-35H,1-2H3. The van der Waals surface area contributed by atoms with E-state index in [1.807, 2.05) is 78.9 Å². The number of hydrogen-bond donors (Lipinski definition) is 0. The summed E-state index contributed by atoms with van der Waals surface area (Å²) >= 11 is 0. The van der Waals surface area contributed by atoms with E-state index in [1.54, 1.807) is 0 Å². The highest BCUT2D eigenvalue weighted by Crippen LogP contribution is 2.52. The molecule has 0 atom stereocenters. The quantitative estimate of drug-likeness (QED) is 0.159. The molecule has 11 aromatic rings. The van der Waals surface area contributed by atoms with Crippen molar-refractivity contribution in [1.82, 2.24) is 34.5 Å². The first-order valence-corrected chi connectivity index (χ1v) is 21.6. The predicted molar refractivity (Wildman–Crippen MR) is 258 cm³/mol. The van der Waals surface area contributed by atoms with E-state index in [0.717, 1.165) is 60.9 Å². The smallest absolute Gasteiger partial charge is 0.166 e.